The molecule has 0 N–H and O–H groups in total. The minimum absolute atomic E-state index is 0.0143. The second-order valence-corrected chi connectivity index (χ2v) is 6.07. The lowest BCUT2D eigenvalue weighted by atomic mass is 10.1. The van der Waals surface area contributed by atoms with Crippen LogP contribution in [0.2, 0.25) is 0 Å². The molecule has 1 atom stereocenters. The number of carbonyl (C=O) groups is 2. The third-order valence-corrected chi connectivity index (χ3v) is 4.30. The number of hydrogen-bond acceptors (Lipinski definition) is 6. The number of esters is 1. The maximum absolute atomic E-state index is 14.3. The maximum atomic E-state index is 14.3. The number of halogens is 1. The lowest BCUT2D eigenvalue weighted by Crippen LogP contribution is -2.34. The largest absolute Gasteiger partial charge is 0.490 e. The van der Waals surface area contributed by atoms with Crippen LogP contribution >= 0.6 is 0 Å². The summed E-state index contributed by atoms with van der Waals surface area (Å²) in [5, 5.41) is 11.3. The average molecular weight is 368 g/mol. The Hall–Kier alpha value is -2.71. The highest BCUT2D eigenvalue weighted by Crippen LogP contribution is 2.31. The molecule has 26 heavy (non-hydrogen) atoms. The molecule has 1 aliphatic rings. The Balaban J connectivity index is 2.18. The minimum Gasteiger partial charge on any atom is -0.490 e. The summed E-state index contributed by atoms with van der Waals surface area (Å²) < 4.78 is 23.9. The van der Waals surface area contributed by atoms with E-state index in [0.29, 0.717) is 6.54 Å². The molecular formula is C17H21FN2O6. The number of likely N-dealkylation sites (tertiary alicyclic amines) is 1. The molecule has 0 aromatic heterocycles. The zero-order valence-electron chi connectivity index (χ0n) is 14.7. The first-order chi connectivity index (χ1) is 12.3. The Morgan fingerprint density at radius 3 is 2.73 bits per heavy atom. The van der Waals surface area contributed by atoms with Crippen molar-refractivity contribution in [2.75, 3.05) is 20.3 Å². The molecule has 0 bridgehead atoms. The molecule has 0 saturated carbocycles. The predicted molar refractivity (Wildman–Crippen MR) is 89.5 cm³/mol. The first-order valence-electron chi connectivity index (χ1n) is 8.33. The Morgan fingerprint density at radius 2 is 2.15 bits per heavy atom. The topological polar surface area (TPSA) is 99.0 Å². The molecule has 2 rings (SSSR count). The van der Waals surface area contributed by atoms with Gasteiger partial charge in [0.1, 0.15) is 5.56 Å². The van der Waals surface area contributed by atoms with E-state index in [9.17, 15) is 24.1 Å². The zero-order chi connectivity index (χ0) is 19.3. The van der Waals surface area contributed by atoms with Crippen LogP contribution in [0.5, 0.6) is 5.75 Å². The van der Waals surface area contributed by atoms with Crippen LogP contribution < -0.4 is 4.74 Å². The minimum atomic E-state index is -0.858. The summed E-state index contributed by atoms with van der Waals surface area (Å²) in [5.41, 5.74) is -0.790. The predicted octanol–water partition coefficient (Wildman–Crippen LogP) is 2.69. The summed E-state index contributed by atoms with van der Waals surface area (Å²) in [5.74, 6) is -2.17. The van der Waals surface area contributed by atoms with E-state index in [-0.39, 0.29) is 36.8 Å². The molecule has 0 aliphatic carbocycles. The fourth-order valence-corrected chi connectivity index (χ4v) is 2.87. The third-order valence-electron chi connectivity index (χ3n) is 4.30. The van der Waals surface area contributed by atoms with Crippen molar-refractivity contribution in [2.45, 2.75) is 38.6 Å². The van der Waals surface area contributed by atoms with Crippen LogP contribution in [-0.2, 0) is 9.53 Å². The molecule has 1 aromatic carbocycles. The van der Waals surface area contributed by atoms with Gasteiger partial charge in [0.2, 0.25) is 0 Å². The smallest absolute Gasteiger partial charge is 0.305 e. The van der Waals surface area contributed by atoms with E-state index in [4.69, 9.17) is 4.74 Å². The molecule has 1 heterocycles. The zero-order valence-corrected chi connectivity index (χ0v) is 14.7. The lowest BCUT2D eigenvalue weighted by Gasteiger charge is -2.21. The number of amides is 1. The van der Waals surface area contributed by atoms with E-state index in [1.165, 1.54) is 12.0 Å². The molecule has 1 saturated heterocycles. The van der Waals surface area contributed by atoms with Crippen LogP contribution in [0.3, 0.4) is 0 Å². The number of carbonyl (C=O) groups excluding carboxylic acids is 2. The van der Waals surface area contributed by atoms with Gasteiger partial charge in [-0.05, 0) is 32.3 Å². The molecule has 1 aromatic rings. The second-order valence-electron chi connectivity index (χ2n) is 6.07. The number of nitrogens with zero attached hydrogens (tertiary/aromatic N) is 2. The molecule has 9 heteroatoms. The Kier molecular flexibility index (Phi) is 6.48. The lowest BCUT2D eigenvalue weighted by molar-refractivity contribution is -0.385. The van der Waals surface area contributed by atoms with Crippen molar-refractivity contribution in [3.05, 3.63) is 33.6 Å². The summed E-state index contributed by atoms with van der Waals surface area (Å²) in [4.78, 5) is 35.7. The highest BCUT2D eigenvalue weighted by molar-refractivity contribution is 5.98. The number of nitro benzene ring substituents is 1. The monoisotopic (exact) mass is 368 g/mol. The highest BCUT2D eigenvalue weighted by atomic mass is 19.1. The van der Waals surface area contributed by atoms with E-state index in [1.54, 1.807) is 0 Å². The van der Waals surface area contributed by atoms with Gasteiger partial charge in [0, 0.05) is 19.0 Å². The fraction of sp³-hybridized carbons (Fsp3) is 0.529. The van der Waals surface area contributed by atoms with Crippen LogP contribution in [-0.4, -0.2) is 48.0 Å². The van der Waals surface area contributed by atoms with Crippen molar-refractivity contribution in [3.8, 4) is 5.75 Å². The Labute approximate surface area is 150 Å². The normalized spacial score (nSPS) is 16.4. The molecule has 0 radical (unpaired) electrons. The van der Waals surface area contributed by atoms with Gasteiger partial charge < -0.3 is 14.4 Å². The average Bonchev–Trinajstić information content (AvgIpc) is 3.04. The number of nitro groups is 1. The van der Waals surface area contributed by atoms with E-state index < -0.39 is 28.3 Å². The first-order valence-corrected chi connectivity index (χ1v) is 8.33. The van der Waals surface area contributed by atoms with Gasteiger partial charge in [0.25, 0.3) is 11.6 Å². The van der Waals surface area contributed by atoms with E-state index >= 15 is 0 Å². The van der Waals surface area contributed by atoms with E-state index in [2.05, 4.69) is 4.74 Å². The van der Waals surface area contributed by atoms with Crippen LogP contribution in [0.25, 0.3) is 0 Å². The molecule has 0 unspecified atom stereocenters. The summed E-state index contributed by atoms with van der Waals surface area (Å²) >= 11 is 0. The summed E-state index contributed by atoms with van der Waals surface area (Å²) in [6, 6.07) is 1.72. The van der Waals surface area contributed by atoms with Gasteiger partial charge in [-0.3, -0.25) is 19.7 Å². The van der Waals surface area contributed by atoms with Crippen molar-refractivity contribution in [3.63, 3.8) is 0 Å². The van der Waals surface area contributed by atoms with E-state index in [0.717, 1.165) is 25.0 Å². The summed E-state index contributed by atoms with van der Waals surface area (Å²) in [7, 11) is 1.25. The van der Waals surface area contributed by atoms with Gasteiger partial charge in [-0.1, -0.05) is 0 Å². The van der Waals surface area contributed by atoms with Crippen molar-refractivity contribution in [1.82, 2.24) is 4.90 Å². The molecule has 1 fully saturated rings. The quantitative estimate of drug-likeness (QED) is 0.318. The molecule has 8 nitrogen and oxygen atoms in total. The number of rotatable bonds is 7. The van der Waals surface area contributed by atoms with Gasteiger partial charge in [-0.2, -0.15) is 0 Å². The van der Waals surface area contributed by atoms with Crippen LogP contribution in [0.1, 0.15) is 43.0 Å². The highest BCUT2D eigenvalue weighted by Gasteiger charge is 2.32. The maximum Gasteiger partial charge on any atom is 0.305 e. The number of ether oxygens (including phenoxy) is 2. The van der Waals surface area contributed by atoms with Gasteiger partial charge in [0.15, 0.2) is 11.6 Å². The molecular weight excluding hydrogens is 347 g/mol. The van der Waals surface area contributed by atoms with Crippen molar-refractivity contribution >= 4 is 17.6 Å². The van der Waals surface area contributed by atoms with Crippen molar-refractivity contribution in [1.29, 1.82) is 0 Å². The third kappa shape index (κ3) is 4.47. The molecule has 0 spiro atoms. The Bertz CT molecular complexity index is 709. The van der Waals surface area contributed by atoms with Crippen LogP contribution in [0.4, 0.5) is 10.1 Å². The summed E-state index contributed by atoms with van der Waals surface area (Å²) in [6.45, 7) is 2.33. The van der Waals surface area contributed by atoms with Crippen LogP contribution in [0, 0.1) is 15.9 Å². The van der Waals surface area contributed by atoms with Gasteiger partial charge in [-0.25, -0.2) is 4.39 Å². The standard InChI is InChI=1S/C17H21FN2O6/c1-11-5-3-7-19(11)17(22)12-9-13(18)15(10-14(12)20(23)24)26-8-4-6-16(21)25-2/h9-11H,3-8H2,1-2H3/t11-/m1/s1. The number of benzene rings is 1. The van der Waals surface area contributed by atoms with Gasteiger partial charge >= 0.3 is 5.97 Å². The molecule has 1 aliphatic heterocycles. The SMILES string of the molecule is COC(=O)CCCOc1cc([N+](=O)[O-])c(C(=O)N2CCC[C@H]2C)cc1F. The first kappa shape index (κ1) is 19.6. The van der Waals surface area contributed by atoms with E-state index in [1.807, 2.05) is 6.92 Å². The fourth-order valence-electron chi connectivity index (χ4n) is 2.87. The van der Waals surface area contributed by atoms with Gasteiger partial charge in [-0.15, -0.1) is 0 Å². The van der Waals surface area contributed by atoms with Crippen molar-refractivity contribution < 1.29 is 28.4 Å². The van der Waals surface area contributed by atoms with Crippen molar-refractivity contribution in [2.24, 2.45) is 0 Å². The second kappa shape index (κ2) is 8.59. The molecule has 142 valence electrons. The number of hydrogen-bond donors (Lipinski definition) is 0. The molecule has 1 amide bonds. The van der Waals surface area contributed by atoms with Crippen LogP contribution in [0.15, 0.2) is 12.1 Å². The number of methoxy groups -OCH3 is 1. The van der Waals surface area contributed by atoms with Gasteiger partial charge in [0.05, 0.1) is 24.7 Å². The Morgan fingerprint density at radius 1 is 1.42 bits per heavy atom. The summed E-state index contributed by atoms with van der Waals surface area (Å²) in [6.07, 6.45) is 1.98.